The average molecular weight is 461 g/mol. The molecular formula is C26H27N5O3. The van der Waals surface area contributed by atoms with Crippen LogP contribution in [0.25, 0.3) is 0 Å². The van der Waals surface area contributed by atoms with Crippen LogP contribution in [0, 0.1) is 11.8 Å². The van der Waals surface area contributed by atoms with Crippen molar-refractivity contribution in [1.82, 2.24) is 20.5 Å². The molecule has 1 aliphatic heterocycles. The van der Waals surface area contributed by atoms with Crippen molar-refractivity contribution in [2.75, 3.05) is 11.9 Å². The van der Waals surface area contributed by atoms with E-state index in [4.69, 9.17) is 4.11 Å². The van der Waals surface area contributed by atoms with Gasteiger partial charge < -0.3 is 15.3 Å². The summed E-state index contributed by atoms with van der Waals surface area (Å²) in [4.78, 5) is 31.3. The van der Waals surface area contributed by atoms with Crippen LogP contribution in [-0.4, -0.2) is 50.7 Å². The van der Waals surface area contributed by atoms with Gasteiger partial charge in [0.2, 0.25) is 11.7 Å². The fourth-order valence-corrected chi connectivity index (χ4v) is 3.61. The van der Waals surface area contributed by atoms with Gasteiger partial charge in [0.05, 0.1) is 0 Å². The summed E-state index contributed by atoms with van der Waals surface area (Å²) >= 11 is 0. The van der Waals surface area contributed by atoms with Crippen LogP contribution >= 0.6 is 0 Å². The highest BCUT2D eigenvalue weighted by Gasteiger charge is 2.30. The normalized spacial score (nSPS) is 17.4. The van der Waals surface area contributed by atoms with Gasteiger partial charge in [0, 0.05) is 28.8 Å². The van der Waals surface area contributed by atoms with E-state index < -0.39 is 30.4 Å². The topological polar surface area (TPSA) is 111 Å². The fourth-order valence-electron chi connectivity index (χ4n) is 3.61. The number of anilines is 1. The van der Waals surface area contributed by atoms with E-state index in [1.54, 1.807) is 12.1 Å². The lowest BCUT2D eigenvalue weighted by Gasteiger charge is -2.22. The van der Waals surface area contributed by atoms with Gasteiger partial charge in [0.15, 0.2) is 0 Å². The maximum Gasteiger partial charge on any atom is 0.291 e. The third-order valence-corrected chi connectivity index (χ3v) is 5.31. The highest BCUT2D eigenvalue weighted by atomic mass is 16.3. The lowest BCUT2D eigenvalue weighted by molar-refractivity contribution is -0.120. The van der Waals surface area contributed by atoms with Crippen LogP contribution in [0.4, 0.5) is 5.69 Å². The van der Waals surface area contributed by atoms with Crippen LogP contribution < -0.4 is 10.2 Å². The van der Waals surface area contributed by atoms with Gasteiger partial charge in [-0.2, -0.15) is 0 Å². The number of nitrogens with one attached hydrogen (secondary N) is 2. The molecule has 4 rings (SSSR count). The molecule has 8 heteroatoms. The minimum atomic E-state index is -2.80. The first-order chi connectivity index (χ1) is 17.4. The number of rotatable bonds is 4. The largest absolute Gasteiger partial charge is 0.378 e. The third kappa shape index (κ3) is 5.50. The Kier molecular flexibility index (Phi) is 5.45. The van der Waals surface area contributed by atoms with Crippen molar-refractivity contribution in [2.24, 2.45) is 0 Å². The maximum absolute atomic E-state index is 13.4. The molecule has 2 aromatic carbocycles. The molecule has 0 saturated carbocycles. The van der Waals surface area contributed by atoms with E-state index in [1.165, 1.54) is 19.9 Å². The molecule has 1 atom stereocenters. The number of carbonyl (C=O) groups excluding carboxylic acids is 2. The average Bonchev–Trinajstić information content (AvgIpc) is 3.23. The predicted octanol–water partition coefficient (Wildman–Crippen LogP) is 2.23. The SMILES string of the molecule is [2H]C([2H])([2H])N1C(=O)C(NC(=O)c2n[nH]c(Cc3ccccc3)n2)CCc2ccc(C#CC(C)(C)O)cc21. The number of nitrogens with zero attached hydrogens (tertiary/aromatic N) is 3. The molecule has 0 radical (unpaired) electrons. The van der Waals surface area contributed by atoms with Crippen LogP contribution in [0.3, 0.4) is 0 Å². The Hall–Kier alpha value is -3.96. The summed E-state index contributed by atoms with van der Waals surface area (Å²) in [5.74, 6) is 4.41. The van der Waals surface area contributed by atoms with Gasteiger partial charge in [-0.05, 0) is 49.9 Å². The number of aliphatic hydroxyl groups is 1. The van der Waals surface area contributed by atoms with Crippen molar-refractivity contribution < 1.29 is 18.8 Å². The first-order valence-electron chi connectivity index (χ1n) is 12.4. The fraction of sp³-hybridized carbons (Fsp3) is 0.308. The second-order valence-electron chi connectivity index (χ2n) is 8.66. The van der Waals surface area contributed by atoms with E-state index in [1.807, 2.05) is 30.3 Å². The Balaban J connectivity index is 1.56. The molecule has 1 unspecified atom stereocenters. The molecule has 0 fully saturated rings. The number of H-pyrrole nitrogens is 1. The number of benzene rings is 2. The Morgan fingerprint density at radius 1 is 1.32 bits per heavy atom. The van der Waals surface area contributed by atoms with Crippen molar-refractivity contribution in [3.05, 3.63) is 76.9 Å². The van der Waals surface area contributed by atoms with Crippen LogP contribution in [-0.2, 0) is 17.6 Å². The van der Waals surface area contributed by atoms with Gasteiger partial charge >= 0.3 is 0 Å². The van der Waals surface area contributed by atoms with Gasteiger partial charge in [0.1, 0.15) is 17.5 Å². The number of aryl methyl sites for hydroxylation is 1. The summed E-state index contributed by atoms with van der Waals surface area (Å²) in [5.41, 5.74) is 1.05. The monoisotopic (exact) mass is 460 g/mol. The minimum Gasteiger partial charge on any atom is -0.378 e. The zero-order chi connectivity index (χ0) is 26.8. The summed E-state index contributed by atoms with van der Waals surface area (Å²) < 4.78 is 24.1. The first-order valence-corrected chi connectivity index (χ1v) is 10.9. The third-order valence-electron chi connectivity index (χ3n) is 5.31. The van der Waals surface area contributed by atoms with Crippen LogP contribution in [0.1, 0.15) is 57.5 Å². The quantitative estimate of drug-likeness (QED) is 0.517. The van der Waals surface area contributed by atoms with Crippen LogP contribution in [0.15, 0.2) is 48.5 Å². The lowest BCUT2D eigenvalue weighted by atomic mass is 10.0. The van der Waals surface area contributed by atoms with E-state index in [-0.39, 0.29) is 17.9 Å². The van der Waals surface area contributed by atoms with E-state index in [0.717, 1.165) is 10.5 Å². The van der Waals surface area contributed by atoms with Crippen molar-refractivity contribution in [3.63, 3.8) is 0 Å². The number of aromatic amines is 1. The summed E-state index contributed by atoms with van der Waals surface area (Å²) in [6.45, 7) is 0.274. The summed E-state index contributed by atoms with van der Waals surface area (Å²) in [7, 11) is 0. The molecule has 2 amide bonds. The molecule has 2 heterocycles. The number of aromatic nitrogens is 3. The molecular weight excluding hydrogens is 430 g/mol. The highest BCUT2D eigenvalue weighted by molar-refractivity contribution is 6.02. The number of hydrogen-bond acceptors (Lipinski definition) is 5. The number of carbonyl (C=O) groups is 2. The van der Waals surface area contributed by atoms with E-state index >= 15 is 0 Å². The Morgan fingerprint density at radius 3 is 2.85 bits per heavy atom. The van der Waals surface area contributed by atoms with Crippen molar-refractivity contribution in [2.45, 2.75) is 44.8 Å². The summed E-state index contributed by atoms with van der Waals surface area (Å²) in [6, 6.07) is 13.4. The molecule has 3 N–H and O–H groups in total. The Morgan fingerprint density at radius 2 is 2.12 bits per heavy atom. The second kappa shape index (κ2) is 9.49. The standard InChI is InChI=1S/C26H27N5O3/c1-26(2,34)14-13-18-9-10-19-11-12-20(25(33)31(3)21(19)15-18)27-24(32)23-28-22(29-30-23)16-17-7-5-4-6-8-17/h4-10,15,20,34H,11-12,16H2,1-3H3,(H,27,32)(H,28,29,30)/i3D3. The molecule has 8 nitrogen and oxygen atoms in total. The zero-order valence-electron chi connectivity index (χ0n) is 21.9. The zero-order valence-corrected chi connectivity index (χ0v) is 18.9. The molecule has 0 saturated heterocycles. The summed E-state index contributed by atoms with van der Waals surface area (Å²) in [5, 5.41) is 19.2. The number of amides is 2. The Bertz CT molecular complexity index is 1370. The molecule has 0 spiro atoms. The van der Waals surface area contributed by atoms with E-state index in [2.05, 4.69) is 32.3 Å². The first kappa shape index (κ1) is 19.5. The smallest absolute Gasteiger partial charge is 0.291 e. The van der Waals surface area contributed by atoms with Gasteiger partial charge in [-0.15, -0.1) is 5.10 Å². The molecule has 1 aromatic heterocycles. The van der Waals surface area contributed by atoms with Gasteiger partial charge in [0.25, 0.3) is 5.91 Å². The second-order valence-corrected chi connectivity index (χ2v) is 8.66. The van der Waals surface area contributed by atoms with Crippen LogP contribution in [0.2, 0.25) is 0 Å². The van der Waals surface area contributed by atoms with Crippen LogP contribution in [0.5, 0.6) is 0 Å². The van der Waals surface area contributed by atoms with Crippen molar-refractivity contribution in [1.29, 1.82) is 0 Å². The van der Waals surface area contributed by atoms with Crippen molar-refractivity contribution in [3.8, 4) is 11.8 Å². The number of likely N-dealkylation sites (N-methyl/N-ethyl adjacent to an activating group) is 1. The van der Waals surface area contributed by atoms with Gasteiger partial charge in [-0.1, -0.05) is 48.2 Å². The van der Waals surface area contributed by atoms with Gasteiger partial charge in [-0.25, -0.2) is 4.98 Å². The minimum absolute atomic E-state index is 0.134. The molecule has 174 valence electrons. The van der Waals surface area contributed by atoms with E-state index in [0.29, 0.717) is 29.8 Å². The van der Waals surface area contributed by atoms with E-state index in [9.17, 15) is 14.7 Å². The number of fused-ring (bicyclic) bond motifs is 1. The maximum atomic E-state index is 13.4. The molecule has 1 aliphatic rings. The Labute approximate surface area is 202 Å². The number of hydrogen-bond donors (Lipinski definition) is 3. The molecule has 34 heavy (non-hydrogen) atoms. The van der Waals surface area contributed by atoms with Gasteiger partial charge in [-0.3, -0.25) is 14.7 Å². The highest BCUT2D eigenvalue weighted by Crippen LogP contribution is 2.27. The molecule has 0 aliphatic carbocycles. The molecule has 0 bridgehead atoms. The van der Waals surface area contributed by atoms with Crippen molar-refractivity contribution >= 4 is 17.5 Å². The molecule has 3 aromatic rings. The predicted molar refractivity (Wildman–Crippen MR) is 128 cm³/mol. The summed E-state index contributed by atoms with van der Waals surface area (Å²) in [6.07, 6.45) is 0.996. The lowest BCUT2D eigenvalue weighted by Crippen LogP contribution is -2.47.